The van der Waals surface area contributed by atoms with Crippen LogP contribution in [-0.2, 0) is 0 Å². The molecule has 1 rings (SSSR count). The SMILES string of the molecule is CCC(C)(C)Oc1cc(Br)ccc1C(C)N. The maximum atomic E-state index is 6.01. The molecular formula is C13H20BrNO. The van der Waals surface area contributed by atoms with Gasteiger partial charge in [-0.25, -0.2) is 0 Å². The third-order valence-corrected chi connectivity index (χ3v) is 3.20. The number of hydrogen-bond donors (Lipinski definition) is 1. The molecule has 90 valence electrons. The van der Waals surface area contributed by atoms with E-state index in [1.54, 1.807) is 0 Å². The number of ether oxygens (including phenoxy) is 1. The molecule has 0 spiro atoms. The van der Waals surface area contributed by atoms with E-state index in [9.17, 15) is 0 Å². The fourth-order valence-corrected chi connectivity index (χ4v) is 1.68. The van der Waals surface area contributed by atoms with Gasteiger partial charge in [0, 0.05) is 16.1 Å². The molecule has 0 saturated heterocycles. The van der Waals surface area contributed by atoms with Crippen LogP contribution in [0.3, 0.4) is 0 Å². The first-order chi connectivity index (χ1) is 7.35. The van der Waals surface area contributed by atoms with Crippen LogP contribution < -0.4 is 10.5 Å². The lowest BCUT2D eigenvalue weighted by Crippen LogP contribution is -2.27. The summed E-state index contributed by atoms with van der Waals surface area (Å²) in [7, 11) is 0. The van der Waals surface area contributed by atoms with Gasteiger partial charge in [0.25, 0.3) is 0 Å². The lowest BCUT2D eigenvalue weighted by Gasteiger charge is -2.27. The van der Waals surface area contributed by atoms with E-state index in [-0.39, 0.29) is 11.6 Å². The van der Waals surface area contributed by atoms with E-state index < -0.39 is 0 Å². The molecule has 0 bridgehead atoms. The molecule has 2 nitrogen and oxygen atoms in total. The van der Waals surface area contributed by atoms with Crippen molar-refractivity contribution in [1.29, 1.82) is 0 Å². The van der Waals surface area contributed by atoms with Crippen molar-refractivity contribution < 1.29 is 4.74 Å². The normalized spacial score (nSPS) is 13.6. The molecule has 2 N–H and O–H groups in total. The molecule has 16 heavy (non-hydrogen) atoms. The molecule has 0 aliphatic heterocycles. The van der Waals surface area contributed by atoms with Gasteiger partial charge in [-0.05, 0) is 39.3 Å². The van der Waals surface area contributed by atoms with Gasteiger partial charge in [0.2, 0.25) is 0 Å². The highest BCUT2D eigenvalue weighted by atomic mass is 79.9. The summed E-state index contributed by atoms with van der Waals surface area (Å²) in [5.74, 6) is 0.872. The number of hydrogen-bond acceptors (Lipinski definition) is 2. The summed E-state index contributed by atoms with van der Waals surface area (Å²) in [4.78, 5) is 0. The van der Waals surface area contributed by atoms with Gasteiger partial charge in [0.1, 0.15) is 11.4 Å². The zero-order valence-corrected chi connectivity index (χ0v) is 12.0. The second-order valence-electron chi connectivity index (χ2n) is 4.69. The van der Waals surface area contributed by atoms with Crippen LogP contribution in [0.25, 0.3) is 0 Å². The van der Waals surface area contributed by atoms with E-state index in [2.05, 4.69) is 36.7 Å². The minimum Gasteiger partial charge on any atom is -0.487 e. The number of rotatable bonds is 4. The average molecular weight is 286 g/mol. The largest absolute Gasteiger partial charge is 0.487 e. The van der Waals surface area contributed by atoms with Gasteiger partial charge in [0.05, 0.1) is 0 Å². The van der Waals surface area contributed by atoms with Gasteiger partial charge in [0.15, 0.2) is 0 Å². The fraction of sp³-hybridized carbons (Fsp3) is 0.538. The lowest BCUT2D eigenvalue weighted by atomic mass is 10.0. The number of benzene rings is 1. The molecule has 3 heteroatoms. The Kier molecular flexibility index (Phi) is 4.39. The summed E-state index contributed by atoms with van der Waals surface area (Å²) in [5.41, 5.74) is 6.81. The van der Waals surface area contributed by atoms with Crippen molar-refractivity contribution in [2.75, 3.05) is 0 Å². The second-order valence-corrected chi connectivity index (χ2v) is 5.60. The first kappa shape index (κ1) is 13.5. The Morgan fingerprint density at radius 2 is 2.06 bits per heavy atom. The van der Waals surface area contributed by atoms with Crippen LogP contribution in [0.2, 0.25) is 0 Å². The third-order valence-electron chi connectivity index (χ3n) is 2.70. The third kappa shape index (κ3) is 3.49. The Labute approximate surface area is 106 Å². The van der Waals surface area contributed by atoms with Crippen LogP contribution in [0.1, 0.15) is 45.7 Å². The summed E-state index contributed by atoms with van der Waals surface area (Å²) in [6.07, 6.45) is 0.956. The van der Waals surface area contributed by atoms with E-state index in [4.69, 9.17) is 10.5 Å². The Morgan fingerprint density at radius 1 is 1.44 bits per heavy atom. The second kappa shape index (κ2) is 5.19. The van der Waals surface area contributed by atoms with E-state index >= 15 is 0 Å². The zero-order chi connectivity index (χ0) is 12.3. The van der Waals surface area contributed by atoms with Crippen LogP contribution in [0.4, 0.5) is 0 Å². The summed E-state index contributed by atoms with van der Waals surface area (Å²) < 4.78 is 7.03. The van der Waals surface area contributed by atoms with E-state index in [0.29, 0.717) is 0 Å². The first-order valence-corrected chi connectivity index (χ1v) is 6.39. The van der Waals surface area contributed by atoms with Crippen molar-refractivity contribution in [3.63, 3.8) is 0 Å². The molecule has 0 radical (unpaired) electrons. The molecule has 0 aliphatic carbocycles. The summed E-state index contributed by atoms with van der Waals surface area (Å²) >= 11 is 3.45. The summed E-state index contributed by atoms with van der Waals surface area (Å²) in [6, 6.07) is 5.96. The number of halogens is 1. The van der Waals surface area contributed by atoms with Gasteiger partial charge >= 0.3 is 0 Å². The zero-order valence-electron chi connectivity index (χ0n) is 10.4. The Balaban J connectivity index is 3.06. The fourth-order valence-electron chi connectivity index (χ4n) is 1.34. The monoisotopic (exact) mass is 285 g/mol. The van der Waals surface area contributed by atoms with E-state index in [1.165, 1.54) is 0 Å². The van der Waals surface area contributed by atoms with Crippen LogP contribution in [-0.4, -0.2) is 5.60 Å². The molecule has 0 aromatic heterocycles. The molecule has 1 aromatic carbocycles. The summed E-state index contributed by atoms with van der Waals surface area (Å²) in [6.45, 7) is 8.25. The minimum atomic E-state index is -0.162. The Hall–Kier alpha value is -0.540. The van der Waals surface area contributed by atoms with Crippen molar-refractivity contribution in [3.05, 3.63) is 28.2 Å². The molecule has 1 aromatic rings. The Morgan fingerprint density at radius 3 is 2.56 bits per heavy atom. The minimum absolute atomic E-state index is 0.0178. The smallest absolute Gasteiger partial charge is 0.125 e. The highest BCUT2D eigenvalue weighted by molar-refractivity contribution is 9.10. The van der Waals surface area contributed by atoms with Crippen molar-refractivity contribution in [2.45, 2.75) is 45.8 Å². The van der Waals surface area contributed by atoms with Crippen LogP contribution >= 0.6 is 15.9 Å². The van der Waals surface area contributed by atoms with Gasteiger partial charge in [-0.15, -0.1) is 0 Å². The topological polar surface area (TPSA) is 35.2 Å². The standard InChI is InChI=1S/C13H20BrNO/c1-5-13(3,4)16-12-8-10(14)6-7-11(12)9(2)15/h6-9H,5,15H2,1-4H3. The van der Waals surface area contributed by atoms with Crippen molar-refractivity contribution in [3.8, 4) is 5.75 Å². The predicted molar refractivity (Wildman–Crippen MR) is 71.7 cm³/mol. The van der Waals surface area contributed by atoms with Gasteiger partial charge in [-0.1, -0.05) is 28.9 Å². The van der Waals surface area contributed by atoms with Gasteiger partial charge < -0.3 is 10.5 Å². The van der Waals surface area contributed by atoms with Crippen LogP contribution in [0.5, 0.6) is 5.75 Å². The highest BCUT2D eigenvalue weighted by Gasteiger charge is 2.19. The van der Waals surface area contributed by atoms with Crippen molar-refractivity contribution >= 4 is 15.9 Å². The molecule has 0 aliphatic rings. The van der Waals surface area contributed by atoms with E-state index in [0.717, 1.165) is 22.2 Å². The van der Waals surface area contributed by atoms with Crippen LogP contribution in [0, 0.1) is 0 Å². The lowest BCUT2D eigenvalue weighted by molar-refractivity contribution is 0.103. The quantitative estimate of drug-likeness (QED) is 0.906. The molecule has 0 saturated carbocycles. The predicted octanol–water partition coefficient (Wildman–Crippen LogP) is 4.04. The number of nitrogens with two attached hydrogens (primary N) is 1. The maximum Gasteiger partial charge on any atom is 0.125 e. The Bertz CT molecular complexity index is 361. The maximum absolute atomic E-state index is 6.01. The first-order valence-electron chi connectivity index (χ1n) is 5.60. The molecular weight excluding hydrogens is 266 g/mol. The average Bonchev–Trinajstić information content (AvgIpc) is 2.16. The van der Waals surface area contributed by atoms with Crippen LogP contribution in [0.15, 0.2) is 22.7 Å². The molecule has 0 fully saturated rings. The van der Waals surface area contributed by atoms with E-state index in [1.807, 2.05) is 25.1 Å². The highest BCUT2D eigenvalue weighted by Crippen LogP contribution is 2.31. The van der Waals surface area contributed by atoms with Crippen molar-refractivity contribution in [2.24, 2.45) is 5.73 Å². The van der Waals surface area contributed by atoms with Gasteiger partial charge in [-0.2, -0.15) is 0 Å². The molecule has 0 heterocycles. The van der Waals surface area contributed by atoms with Gasteiger partial charge in [-0.3, -0.25) is 0 Å². The summed E-state index contributed by atoms with van der Waals surface area (Å²) in [5, 5.41) is 0. The molecule has 0 amide bonds. The molecule has 1 unspecified atom stereocenters. The van der Waals surface area contributed by atoms with Crippen molar-refractivity contribution in [1.82, 2.24) is 0 Å². The molecule has 1 atom stereocenters.